The summed E-state index contributed by atoms with van der Waals surface area (Å²) in [4.78, 5) is 4.36. The van der Waals surface area contributed by atoms with Crippen LogP contribution in [-0.2, 0) is 23.0 Å². The van der Waals surface area contributed by atoms with Gasteiger partial charge in [-0.25, -0.2) is 13.4 Å². The largest absolute Gasteiger partial charge is 0.333 e. The maximum atomic E-state index is 12.7. The van der Waals surface area contributed by atoms with E-state index in [2.05, 4.69) is 10.3 Å². The SMILES string of the molecule is CNC1CCCN(S(=O)(=O)c2cn3c(n2)CCCC3)C1.Cl. The molecule has 0 bridgehead atoms. The van der Waals surface area contributed by atoms with Crippen LogP contribution in [0.25, 0.3) is 0 Å². The van der Waals surface area contributed by atoms with Gasteiger partial charge in [-0.05, 0) is 32.7 Å². The summed E-state index contributed by atoms with van der Waals surface area (Å²) >= 11 is 0. The van der Waals surface area contributed by atoms with Gasteiger partial charge in [0.1, 0.15) is 5.82 Å². The molecule has 0 aliphatic carbocycles. The summed E-state index contributed by atoms with van der Waals surface area (Å²) in [6.45, 7) is 2.03. The number of nitrogens with one attached hydrogen (secondary N) is 1. The molecule has 1 N–H and O–H groups in total. The summed E-state index contributed by atoms with van der Waals surface area (Å²) in [5, 5.41) is 3.40. The third-order valence-corrected chi connectivity index (χ3v) is 6.02. The van der Waals surface area contributed by atoms with Crippen molar-refractivity contribution in [2.24, 2.45) is 0 Å². The quantitative estimate of drug-likeness (QED) is 0.896. The van der Waals surface area contributed by atoms with Gasteiger partial charge < -0.3 is 9.88 Å². The molecule has 0 radical (unpaired) electrons. The van der Waals surface area contributed by atoms with Crippen LogP contribution in [0.15, 0.2) is 11.2 Å². The Bertz CT molecular complexity index is 563. The molecule has 2 aliphatic heterocycles. The summed E-state index contributed by atoms with van der Waals surface area (Å²) in [6.07, 6.45) is 6.73. The Balaban J connectivity index is 0.00000161. The number of likely N-dealkylation sites (N-methyl/N-ethyl adjacent to an activating group) is 1. The molecule has 1 aromatic rings. The van der Waals surface area contributed by atoms with Crippen LogP contribution in [0.4, 0.5) is 0 Å². The molecule has 0 spiro atoms. The number of aryl methyl sites for hydroxylation is 2. The lowest BCUT2D eigenvalue weighted by Crippen LogP contribution is -2.46. The van der Waals surface area contributed by atoms with E-state index in [0.29, 0.717) is 13.1 Å². The van der Waals surface area contributed by atoms with Crippen LogP contribution < -0.4 is 5.32 Å². The molecule has 1 aromatic heterocycles. The predicted molar refractivity (Wildman–Crippen MR) is 83.3 cm³/mol. The van der Waals surface area contributed by atoms with E-state index in [0.717, 1.165) is 44.5 Å². The van der Waals surface area contributed by atoms with E-state index in [1.165, 1.54) is 0 Å². The first-order valence-corrected chi connectivity index (χ1v) is 8.79. The van der Waals surface area contributed by atoms with Crippen molar-refractivity contribution in [2.45, 2.75) is 49.7 Å². The Morgan fingerprint density at radius 1 is 1.29 bits per heavy atom. The normalized spacial score (nSPS) is 23.4. The monoisotopic (exact) mass is 334 g/mol. The van der Waals surface area contributed by atoms with Crippen LogP contribution >= 0.6 is 12.4 Å². The van der Waals surface area contributed by atoms with Crippen LogP contribution in [0.3, 0.4) is 0 Å². The number of nitrogens with zero attached hydrogens (tertiary/aromatic N) is 3. The smallest absolute Gasteiger partial charge is 0.262 e. The number of hydrogen-bond acceptors (Lipinski definition) is 4. The zero-order chi connectivity index (χ0) is 14.2. The molecule has 120 valence electrons. The highest BCUT2D eigenvalue weighted by atomic mass is 35.5. The minimum absolute atomic E-state index is 0. The number of halogens is 1. The maximum Gasteiger partial charge on any atom is 0.262 e. The third-order valence-electron chi connectivity index (χ3n) is 4.28. The molecule has 3 heterocycles. The molecule has 0 saturated carbocycles. The number of piperidine rings is 1. The molecule has 0 aromatic carbocycles. The van der Waals surface area contributed by atoms with Crippen molar-refractivity contribution in [3.63, 3.8) is 0 Å². The fraction of sp³-hybridized carbons (Fsp3) is 0.769. The highest BCUT2D eigenvalue weighted by molar-refractivity contribution is 7.89. The van der Waals surface area contributed by atoms with Crippen LogP contribution in [0, 0.1) is 0 Å². The van der Waals surface area contributed by atoms with Gasteiger partial charge >= 0.3 is 0 Å². The first kappa shape index (κ1) is 16.7. The topological polar surface area (TPSA) is 67.2 Å². The van der Waals surface area contributed by atoms with E-state index in [1.807, 2.05) is 11.6 Å². The molecular weight excluding hydrogens is 312 g/mol. The Morgan fingerprint density at radius 2 is 2.10 bits per heavy atom. The molecular formula is C13H23ClN4O2S. The van der Waals surface area contributed by atoms with E-state index in [4.69, 9.17) is 0 Å². The van der Waals surface area contributed by atoms with Crippen LogP contribution in [0.2, 0.25) is 0 Å². The van der Waals surface area contributed by atoms with Crippen LogP contribution in [0.1, 0.15) is 31.5 Å². The summed E-state index contributed by atoms with van der Waals surface area (Å²) in [6, 6.07) is 0.246. The van der Waals surface area contributed by atoms with Crippen molar-refractivity contribution in [1.82, 2.24) is 19.2 Å². The summed E-state index contributed by atoms with van der Waals surface area (Å²) in [7, 11) is -1.55. The van der Waals surface area contributed by atoms with Gasteiger partial charge in [-0.15, -0.1) is 12.4 Å². The van der Waals surface area contributed by atoms with Crippen molar-refractivity contribution >= 4 is 22.4 Å². The highest BCUT2D eigenvalue weighted by Gasteiger charge is 2.32. The molecule has 8 heteroatoms. The molecule has 1 fully saturated rings. The molecule has 0 amide bonds. The second kappa shape index (κ2) is 6.64. The average molecular weight is 335 g/mol. The number of aromatic nitrogens is 2. The number of sulfonamides is 1. The van der Waals surface area contributed by atoms with Crippen molar-refractivity contribution in [3.8, 4) is 0 Å². The van der Waals surface area contributed by atoms with E-state index in [-0.39, 0.29) is 23.5 Å². The highest BCUT2D eigenvalue weighted by Crippen LogP contribution is 2.22. The van der Waals surface area contributed by atoms with Gasteiger partial charge in [0, 0.05) is 38.3 Å². The number of imidazole rings is 1. The first-order valence-electron chi connectivity index (χ1n) is 7.35. The minimum atomic E-state index is -3.44. The first-order chi connectivity index (χ1) is 9.61. The second-order valence-electron chi connectivity index (χ2n) is 5.64. The number of fused-ring (bicyclic) bond motifs is 1. The van der Waals surface area contributed by atoms with Gasteiger partial charge in [0.25, 0.3) is 10.0 Å². The Hall–Kier alpha value is -0.630. The van der Waals surface area contributed by atoms with Crippen LogP contribution in [0.5, 0.6) is 0 Å². The number of hydrogen-bond donors (Lipinski definition) is 1. The Labute approximate surface area is 132 Å². The predicted octanol–water partition coefficient (Wildman–Crippen LogP) is 1.01. The van der Waals surface area contributed by atoms with E-state index in [9.17, 15) is 8.42 Å². The molecule has 1 unspecified atom stereocenters. The maximum absolute atomic E-state index is 12.7. The lowest BCUT2D eigenvalue weighted by atomic mass is 10.1. The molecule has 3 rings (SSSR count). The Morgan fingerprint density at radius 3 is 2.81 bits per heavy atom. The molecule has 1 atom stereocenters. The lowest BCUT2D eigenvalue weighted by Gasteiger charge is -2.31. The zero-order valence-corrected chi connectivity index (χ0v) is 13.9. The zero-order valence-electron chi connectivity index (χ0n) is 12.3. The van der Waals surface area contributed by atoms with Crippen molar-refractivity contribution in [3.05, 3.63) is 12.0 Å². The Kier molecular flexibility index (Phi) is 5.29. The van der Waals surface area contributed by atoms with E-state index < -0.39 is 10.0 Å². The minimum Gasteiger partial charge on any atom is -0.333 e. The standard InChI is InChI=1S/C13H22N4O2S.ClH/c1-14-11-5-4-8-17(9-11)20(18,19)13-10-16-7-3-2-6-12(16)15-13;/h10-11,14H,2-9H2,1H3;1H. The molecule has 21 heavy (non-hydrogen) atoms. The van der Waals surface area contributed by atoms with Gasteiger partial charge in [0.05, 0.1) is 0 Å². The van der Waals surface area contributed by atoms with Crippen molar-refractivity contribution in [2.75, 3.05) is 20.1 Å². The summed E-state index contributed by atoms with van der Waals surface area (Å²) in [5.74, 6) is 0.914. The lowest BCUT2D eigenvalue weighted by molar-refractivity contribution is 0.292. The average Bonchev–Trinajstić information content (AvgIpc) is 2.92. The molecule has 6 nitrogen and oxygen atoms in total. The van der Waals surface area contributed by atoms with Crippen molar-refractivity contribution in [1.29, 1.82) is 0 Å². The summed E-state index contributed by atoms with van der Waals surface area (Å²) in [5.41, 5.74) is 0. The van der Waals surface area contributed by atoms with E-state index in [1.54, 1.807) is 10.5 Å². The third kappa shape index (κ3) is 3.26. The summed E-state index contributed by atoms with van der Waals surface area (Å²) < 4.78 is 28.9. The van der Waals surface area contributed by atoms with Crippen molar-refractivity contribution < 1.29 is 8.42 Å². The van der Waals surface area contributed by atoms with E-state index >= 15 is 0 Å². The van der Waals surface area contributed by atoms with Gasteiger partial charge in [-0.3, -0.25) is 0 Å². The second-order valence-corrected chi connectivity index (χ2v) is 7.52. The van der Waals surface area contributed by atoms with Gasteiger partial charge in [-0.1, -0.05) is 0 Å². The molecule has 2 aliphatic rings. The number of rotatable bonds is 3. The fourth-order valence-electron chi connectivity index (χ4n) is 3.04. The van der Waals surface area contributed by atoms with Gasteiger partial charge in [0.15, 0.2) is 5.03 Å². The van der Waals surface area contributed by atoms with Gasteiger partial charge in [-0.2, -0.15) is 4.31 Å². The van der Waals surface area contributed by atoms with Crippen LogP contribution in [-0.4, -0.2) is 48.5 Å². The van der Waals surface area contributed by atoms with Gasteiger partial charge in [0.2, 0.25) is 0 Å². The fourth-order valence-corrected chi connectivity index (χ4v) is 4.53. The molecule has 1 saturated heterocycles.